The Balaban J connectivity index is 2.28. The Morgan fingerprint density at radius 3 is 2.88 bits per heavy atom. The highest BCUT2D eigenvalue weighted by Gasteiger charge is 2.05. The topological polar surface area (TPSA) is 48.1 Å². The molecule has 0 aliphatic rings. The zero-order chi connectivity index (χ0) is 12.3. The molecule has 0 atom stereocenters. The molecule has 17 heavy (non-hydrogen) atoms. The molecule has 0 spiro atoms. The van der Waals surface area contributed by atoms with E-state index in [1.165, 1.54) is 5.56 Å². The van der Waals surface area contributed by atoms with Crippen LogP contribution in [0.3, 0.4) is 0 Å². The molecule has 2 aromatic rings. The SMILES string of the molecule is CCc1cccc(Oc2nccc(C)c2N)c1. The molecule has 3 heteroatoms. The van der Waals surface area contributed by atoms with Crippen LogP contribution in [0.1, 0.15) is 18.1 Å². The summed E-state index contributed by atoms with van der Waals surface area (Å²) in [6.45, 7) is 4.05. The van der Waals surface area contributed by atoms with E-state index >= 15 is 0 Å². The predicted molar refractivity (Wildman–Crippen MR) is 69.3 cm³/mol. The second kappa shape index (κ2) is 4.87. The summed E-state index contributed by atoms with van der Waals surface area (Å²) in [4.78, 5) is 4.14. The number of nitrogens with zero attached hydrogens (tertiary/aromatic N) is 1. The van der Waals surface area contributed by atoms with Gasteiger partial charge in [0.1, 0.15) is 5.75 Å². The highest BCUT2D eigenvalue weighted by Crippen LogP contribution is 2.27. The lowest BCUT2D eigenvalue weighted by molar-refractivity contribution is 0.464. The minimum atomic E-state index is 0.471. The Morgan fingerprint density at radius 2 is 2.12 bits per heavy atom. The number of aromatic nitrogens is 1. The molecule has 2 rings (SSSR count). The Hall–Kier alpha value is -2.03. The molecule has 0 fully saturated rings. The molecule has 0 saturated carbocycles. The zero-order valence-corrected chi connectivity index (χ0v) is 10.1. The molecule has 0 unspecified atom stereocenters. The first-order valence-corrected chi connectivity index (χ1v) is 5.68. The van der Waals surface area contributed by atoms with E-state index < -0.39 is 0 Å². The van der Waals surface area contributed by atoms with E-state index in [4.69, 9.17) is 10.5 Å². The molecule has 0 aliphatic heterocycles. The van der Waals surface area contributed by atoms with Gasteiger partial charge < -0.3 is 10.5 Å². The lowest BCUT2D eigenvalue weighted by Crippen LogP contribution is -1.97. The van der Waals surface area contributed by atoms with Crippen LogP contribution in [0.2, 0.25) is 0 Å². The number of rotatable bonds is 3. The molecule has 0 radical (unpaired) electrons. The van der Waals surface area contributed by atoms with Crippen LogP contribution < -0.4 is 10.5 Å². The quantitative estimate of drug-likeness (QED) is 0.876. The van der Waals surface area contributed by atoms with E-state index in [9.17, 15) is 0 Å². The maximum atomic E-state index is 5.91. The van der Waals surface area contributed by atoms with Gasteiger partial charge in [0.15, 0.2) is 0 Å². The smallest absolute Gasteiger partial charge is 0.242 e. The minimum absolute atomic E-state index is 0.471. The highest BCUT2D eigenvalue weighted by atomic mass is 16.5. The summed E-state index contributed by atoms with van der Waals surface area (Å²) in [5.41, 5.74) is 8.71. The van der Waals surface area contributed by atoms with Crippen molar-refractivity contribution in [3.05, 3.63) is 47.7 Å². The number of hydrogen-bond acceptors (Lipinski definition) is 3. The van der Waals surface area contributed by atoms with Crippen molar-refractivity contribution in [2.24, 2.45) is 0 Å². The van der Waals surface area contributed by atoms with Gasteiger partial charge in [0.25, 0.3) is 0 Å². The maximum absolute atomic E-state index is 5.91. The Kier molecular flexibility index (Phi) is 3.28. The molecule has 1 aromatic carbocycles. The van der Waals surface area contributed by atoms with Gasteiger partial charge in [-0.05, 0) is 42.7 Å². The van der Waals surface area contributed by atoms with Crippen LogP contribution in [0.5, 0.6) is 11.6 Å². The van der Waals surface area contributed by atoms with E-state index in [0.29, 0.717) is 11.6 Å². The second-order valence-electron chi connectivity index (χ2n) is 3.95. The maximum Gasteiger partial charge on any atom is 0.242 e. The van der Waals surface area contributed by atoms with E-state index in [2.05, 4.69) is 18.0 Å². The van der Waals surface area contributed by atoms with Crippen LogP contribution in [-0.4, -0.2) is 4.98 Å². The van der Waals surface area contributed by atoms with Gasteiger partial charge >= 0.3 is 0 Å². The third-order valence-electron chi connectivity index (χ3n) is 2.69. The summed E-state index contributed by atoms with van der Waals surface area (Å²) < 4.78 is 5.70. The van der Waals surface area contributed by atoms with Crippen molar-refractivity contribution < 1.29 is 4.74 Å². The lowest BCUT2D eigenvalue weighted by Gasteiger charge is -2.09. The molecule has 0 bridgehead atoms. The number of benzene rings is 1. The first kappa shape index (κ1) is 11.5. The average molecular weight is 228 g/mol. The molecule has 0 amide bonds. The molecule has 0 aliphatic carbocycles. The van der Waals surface area contributed by atoms with Gasteiger partial charge in [-0.3, -0.25) is 0 Å². The molecule has 3 nitrogen and oxygen atoms in total. The zero-order valence-electron chi connectivity index (χ0n) is 10.1. The Morgan fingerprint density at radius 1 is 1.29 bits per heavy atom. The Labute approximate surface area is 101 Å². The summed E-state index contributed by atoms with van der Waals surface area (Å²) in [7, 11) is 0. The standard InChI is InChI=1S/C14H16N2O/c1-3-11-5-4-6-12(9-11)17-14-13(15)10(2)7-8-16-14/h4-9H,3,15H2,1-2H3. The predicted octanol–water partition coefficient (Wildman–Crippen LogP) is 3.33. The van der Waals surface area contributed by atoms with Crippen molar-refractivity contribution >= 4 is 5.69 Å². The normalized spacial score (nSPS) is 10.2. The minimum Gasteiger partial charge on any atom is -0.437 e. The van der Waals surface area contributed by atoms with Gasteiger partial charge in [0.05, 0.1) is 5.69 Å². The number of anilines is 1. The number of nitrogens with two attached hydrogens (primary N) is 1. The number of pyridine rings is 1. The first-order chi connectivity index (χ1) is 8.20. The van der Waals surface area contributed by atoms with Gasteiger partial charge in [-0.15, -0.1) is 0 Å². The molecule has 88 valence electrons. The van der Waals surface area contributed by atoms with E-state index in [1.54, 1.807) is 6.20 Å². The van der Waals surface area contributed by atoms with Gasteiger partial charge in [0.2, 0.25) is 5.88 Å². The van der Waals surface area contributed by atoms with Crippen LogP contribution in [0.4, 0.5) is 5.69 Å². The van der Waals surface area contributed by atoms with Crippen LogP contribution in [0.25, 0.3) is 0 Å². The Bertz CT molecular complexity index is 523. The highest BCUT2D eigenvalue weighted by molar-refractivity contribution is 5.55. The number of ether oxygens (including phenoxy) is 1. The van der Waals surface area contributed by atoms with Crippen molar-refractivity contribution in [3.63, 3.8) is 0 Å². The monoisotopic (exact) mass is 228 g/mol. The van der Waals surface area contributed by atoms with Gasteiger partial charge in [-0.1, -0.05) is 19.1 Å². The van der Waals surface area contributed by atoms with Crippen molar-refractivity contribution in [2.45, 2.75) is 20.3 Å². The number of aryl methyl sites for hydroxylation is 2. The molecule has 1 heterocycles. The molecule has 2 N–H and O–H groups in total. The summed E-state index contributed by atoms with van der Waals surface area (Å²) in [5.74, 6) is 1.24. The van der Waals surface area contributed by atoms with Gasteiger partial charge in [0, 0.05) is 6.20 Å². The second-order valence-corrected chi connectivity index (χ2v) is 3.95. The van der Waals surface area contributed by atoms with Crippen LogP contribution in [0, 0.1) is 6.92 Å². The van der Waals surface area contributed by atoms with Crippen molar-refractivity contribution in [1.82, 2.24) is 4.98 Å². The summed E-state index contributed by atoms with van der Waals surface area (Å²) >= 11 is 0. The van der Waals surface area contributed by atoms with Gasteiger partial charge in [-0.2, -0.15) is 0 Å². The summed E-state index contributed by atoms with van der Waals surface area (Å²) in [6.07, 6.45) is 2.68. The summed E-state index contributed by atoms with van der Waals surface area (Å²) in [5, 5.41) is 0. The van der Waals surface area contributed by atoms with Crippen LogP contribution in [0.15, 0.2) is 36.5 Å². The van der Waals surface area contributed by atoms with Crippen molar-refractivity contribution in [2.75, 3.05) is 5.73 Å². The fourth-order valence-corrected chi connectivity index (χ4v) is 1.57. The largest absolute Gasteiger partial charge is 0.437 e. The summed E-state index contributed by atoms with van der Waals surface area (Å²) in [6, 6.07) is 9.82. The fourth-order valence-electron chi connectivity index (χ4n) is 1.57. The fraction of sp³-hybridized carbons (Fsp3) is 0.214. The van der Waals surface area contributed by atoms with Crippen LogP contribution in [-0.2, 0) is 6.42 Å². The van der Waals surface area contributed by atoms with Crippen molar-refractivity contribution in [3.8, 4) is 11.6 Å². The van der Waals surface area contributed by atoms with Crippen molar-refractivity contribution in [1.29, 1.82) is 0 Å². The number of nitrogen functional groups attached to an aromatic ring is 1. The molecular weight excluding hydrogens is 212 g/mol. The molecule has 1 aromatic heterocycles. The third-order valence-corrected chi connectivity index (χ3v) is 2.69. The third kappa shape index (κ3) is 2.56. The van der Waals surface area contributed by atoms with Gasteiger partial charge in [-0.25, -0.2) is 4.98 Å². The lowest BCUT2D eigenvalue weighted by atomic mass is 10.2. The van der Waals surface area contributed by atoms with E-state index in [1.807, 2.05) is 31.2 Å². The first-order valence-electron chi connectivity index (χ1n) is 5.68. The van der Waals surface area contributed by atoms with E-state index in [0.717, 1.165) is 17.7 Å². The molecule has 0 saturated heterocycles. The average Bonchev–Trinajstić information content (AvgIpc) is 2.35. The number of hydrogen-bond donors (Lipinski definition) is 1. The molecular formula is C14H16N2O. The van der Waals surface area contributed by atoms with E-state index in [-0.39, 0.29) is 0 Å². The van der Waals surface area contributed by atoms with Crippen LogP contribution >= 0.6 is 0 Å².